The van der Waals surface area contributed by atoms with Crippen LogP contribution in [0.2, 0.25) is 0 Å². The zero-order valence-corrected chi connectivity index (χ0v) is 71.5. The fourth-order valence-corrected chi connectivity index (χ4v) is 15.2. The van der Waals surface area contributed by atoms with Crippen LogP contribution in [-0.4, -0.2) is 178 Å². The molecule has 2 aliphatic rings. The number of hydrogen-bond acceptors (Lipinski definition) is 21. The van der Waals surface area contributed by atoms with Crippen molar-refractivity contribution in [2.45, 2.75) is 77.5 Å². The first-order valence-electron chi connectivity index (χ1n) is 42.8. The van der Waals surface area contributed by atoms with Crippen LogP contribution >= 0.6 is 0 Å². The number of aromatic nitrogens is 7. The average Bonchev–Trinajstić information content (AvgIpc) is 1.68. The Hall–Kier alpha value is -13.9. The summed E-state index contributed by atoms with van der Waals surface area (Å²) in [5.41, 5.74) is 12.6. The SMILES string of the molecule is O=C1c2ccc(B(O)O)cc2CCN1CCc1ccccc1.O=C1c2ccc(B(O)O)cc2CN1CCc1ccccc1.O=c1[nH]c(CCc2ccccc2)nc2ccc(B(O)O)cc12.O=c1c2cc(B(O)O)ccc2ccn1CCc1ccccc1.O=c1c2ccc(B(O)O)cc2cnn1CCc1ccccc1.O=c1c2ccc(B(O)O)cc2ncn1CCc1ccccc1. The number of hydrogen-bond donors (Lipinski definition) is 13. The Morgan fingerprint density at radius 2 is 0.725 bits per heavy atom. The molecule has 4 aromatic heterocycles. The van der Waals surface area contributed by atoms with Crippen LogP contribution < -0.4 is 55.0 Å². The van der Waals surface area contributed by atoms with E-state index in [1.165, 1.54) is 57.5 Å². The van der Waals surface area contributed by atoms with Crippen molar-refractivity contribution in [3.05, 3.63) is 419 Å². The molecule has 2 amide bonds. The lowest BCUT2D eigenvalue weighted by atomic mass is 9.78. The van der Waals surface area contributed by atoms with Gasteiger partial charge in [0.2, 0.25) is 0 Å². The van der Waals surface area contributed by atoms with E-state index in [4.69, 9.17) is 30.1 Å². The fourth-order valence-electron chi connectivity index (χ4n) is 15.2. The van der Waals surface area contributed by atoms with Crippen molar-refractivity contribution in [3.63, 3.8) is 0 Å². The Morgan fingerprint density at radius 3 is 1.25 bits per heavy atom. The second-order valence-electron chi connectivity index (χ2n) is 31.5. The first-order chi connectivity index (χ1) is 63.4. The van der Waals surface area contributed by atoms with Crippen LogP contribution in [0.4, 0.5) is 0 Å². The zero-order valence-electron chi connectivity index (χ0n) is 71.5. The summed E-state index contributed by atoms with van der Waals surface area (Å²) in [6.07, 6.45) is 10.9. The largest absolute Gasteiger partial charge is 0.488 e. The van der Waals surface area contributed by atoms with Crippen LogP contribution in [0.3, 0.4) is 0 Å². The second kappa shape index (κ2) is 45.9. The van der Waals surface area contributed by atoms with E-state index < -0.39 is 42.7 Å². The molecule has 0 saturated heterocycles. The minimum atomic E-state index is -1.60. The van der Waals surface area contributed by atoms with Crippen molar-refractivity contribution in [3.8, 4) is 0 Å². The molecule has 0 spiro atoms. The molecule has 16 aromatic rings. The number of amides is 2. The predicted octanol–water partition coefficient (Wildman–Crippen LogP) is 3.12. The van der Waals surface area contributed by atoms with Gasteiger partial charge in [-0.25, -0.2) is 14.6 Å². The van der Waals surface area contributed by atoms with E-state index in [0.717, 1.165) is 72.6 Å². The molecule has 12 aromatic carbocycles. The topological polar surface area (TPSA) is 421 Å². The van der Waals surface area contributed by atoms with Gasteiger partial charge in [0.25, 0.3) is 34.1 Å². The maximum atomic E-state index is 12.5. The summed E-state index contributed by atoms with van der Waals surface area (Å²) in [6.45, 7) is 4.20. The zero-order chi connectivity index (χ0) is 92.5. The van der Waals surface area contributed by atoms with Gasteiger partial charge in [0.05, 0.1) is 39.7 Å². The predicted molar refractivity (Wildman–Crippen MR) is 513 cm³/mol. The first kappa shape index (κ1) is 94.7. The number of benzene rings is 12. The lowest BCUT2D eigenvalue weighted by Gasteiger charge is -2.29. The third-order valence-electron chi connectivity index (χ3n) is 22.5. The third-order valence-corrected chi connectivity index (χ3v) is 22.5. The molecule has 0 fully saturated rings. The van der Waals surface area contributed by atoms with Gasteiger partial charge in [0.15, 0.2) is 0 Å². The summed E-state index contributed by atoms with van der Waals surface area (Å²) < 4.78 is 4.66. The van der Waals surface area contributed by atoms with Crippen molar-refractivity contribution in [1.82, 2.24) is 43.7 Å². The summed E-state index contributed by atoms with van der Waals surface area (Å²) in [7, 11) is -9.26. The highest BCUT2D eigenvalue weighted by Crippen LogP contribution is 2.24. The Kier molecular flexibility index (Phi) is 33.2. The molecule has 0 bridgehead atoms. The summed E-state index contributed by atoms with van der Waals surface area (Å²) in [5.74, 6) is 0.662. The number of nitrogens with one attached hydrogen (secondary N) is 1. The second-order valence-corrected chi connectivity index (χ2v) is 31.5. The maximum absolute atomic E-state index is 12.5. The van der Waals surface area contributed by atoms with Gasteiger partial charge in [-0.15, -0.1) is 0 Å². The molecule has 33 heteroatoms. The van der Waals surface area contributed by atoms with Gasteiger partial charge in [0, 0.05) is 80.3 Å². The van der Waals surface area contributed by atoms with E-state index in [-0.39, 0.29) is 39.5 Å². The number of rotatable bonds is 24. The van der Waals surface area contributed by atoms with E-state index in [9.17, 15) is 58.9 Å². The number of H-pyrrole nitrogens is 1. The summed E-state index contributed by atoms with van der Waals surface area (Å²) in [4.78, 5) is 89.4. The van der Waals surface area contributed by atoms with Crippen molar-refractivity contribution in [2.24, 2.45) is 0 Å². The normalized spacial score (nSPS) is 11.8. The number of carbonyl (C=O) groups is 2. The minimum absolute atomic E-state index is 0.0138. The van der Waals surface area contributed by atoms with Crippen LogP contribution in [0.1, 0.15) is 71.0 Å². The number of aromatic amines is 1. The van der Waals surface area contributed by atoms with Crippen LogP contribution in [0.15, 0.2) is 335 Å². The van der Waals surface area contributed by atoms with Gasteiger partial charge in [0.1, 0.15) is 5.82 Å². The lowest BCUT2D eigenvalue weighted by Crippen LogP contribution is -2.40. The smallest absolute Gasteiger partial charge is 0.423 e. The molecule has 0 atom stereocenters. The van der Waals surface area contributed by atoms with Crippen molar-refractivity contribution >= 4 is 131 Å². The molecule has 18 rings (SSSR count). The van der Waals surface area contributed by atoms with E-state index in [2.05, 4.69) is 32.2 Å². The van der Waals surface area contributed by atoms with E-state index >= 15 is 0 Å². The standard InChI is InChI=1S/C17H18BNO3.C17H16BNO3.3C16H15BN2O3.C16H16BNO3/c20-17-16-7-6-15(18(21)22)12-14(16)9-11-19(17)10-8-13-4-2-1-3-5-13;20-17-16-12-15(18(21)22)7-6-14(16)9-11-19(17)10-8-13-4-2-1-3-5-13;20-16-13-10-12(17(21)22)7-8-14(13)18-15(19-16)9-6-11-4-2-1-3-5-11;20-16-15-7-6-14(17(21)22)10-13(15)11-18-19(16)9-8-12-4-2-1-3-5-12;20-16-14-7-6-13(17(21)22)10-15(14)18-11-19(16)9-8-12-4-2-1-3-5-12;19-16-15-7-6-14(17(20)21)10-13(15)11-18(16)9-8-12-4-2-1-3-5-12/h1-7,12,21-22H,8-11H2;1-7,9,11-12,21-22H,8,10H2;1-5,7-8,10,21-22H,6,9H2,(H,18,19,20);2*1-7,10-11,21-22H,8-9H2;1-7,10,20-21H,8-9,11H2. The van der Waals surface area contributed by atoms with Gasteiger partial charge >= 0.3 is 42.7 Å². The molecule has 6 heterocycles. The third kappa shape index (κ3) is 25.8. The molecule has 0 radical (unpaired) electrons. The molecule has 27 nitrogen and oxygen atoms in total. The van der Waals surface area contributed by atoms with Crippen molar-refractivity contribution < 1.29 is 69.9 Å². The van der Waals surface area contributed by atoms with E-state index in [1.54, 1.807) is 111 Å². The highest BCUT2D eigenvalue weighted by atomic mass is 16.4. The van der Waals surface area contributed by atoms with Crippen LogP contribution in [0.25, 0.3) is 43.4 Å². The highest BCUT2D eigenvalue weighted by Gasteiger charge is 2.30. The Bertz CT molecular complexity index is 6670. The Balaban J connectivity index is 0.000000134. The molecule has 2 aliphatic heterocycles. The Labute approximate surface area is 756 Å². The number of carbonyl (C=O) groups excluding carboxylic acids is 2. The quantitative estimate of drug-likeness (QED) is 0.0386. The molecular weight excluding hydrogens is 1660 g/mol. The molecular formula is C98H95B6N9O18. The lowest BCUT2D eigenvalue weighted by molar-refractivity contribution is 0.0740. The molecule has 131 heavy (non-hydrogen) atoms. The summed E-state index contributed by atoms with van der Waals surface area (Å²) >= 11 is 0. The Morgan fingerprint density at radius 1 is 0.321 bits per heavy atom. The number of aryl methyl sites for hydroxylation is 8. The average molecular weight is 1750 g/mol. The highest BCUT2D eigenvalue weighted by molar-refractivity contribution is 6.61. The van der Waals surface area contributed by atoms with Gasteiger partial charge < -0.3 is 79.6 Å². The van der Waals surface area contributed by atoms with Gasteiger partial charge in [-0.3, -0.25) is 33.3 Å². The number of fused-ring (bicyclic) bond motifs is 6. The van der Waals surface area contributed by atoms with Gasteiger partial charge in [-0.1, -0.05) is 243 Å². The van der Waals surface area contributed by atoms with Crippen LogP contribution in [0, 0.1) is 0 Å². The summed E-state index contributed by atoms with van der Waals surface area (Å²) in [5, 5.41) is 118. The fraction of sp³-hybridized carbons (Fsp3) is 0.153. The van der Waals surface area contributed by atoms with Gasteiger partial charge in [-0.2, -0.15) is 5.10 Å². The van der Waals surface area contributed by atoms with Crippen molar-refractivity contribution in [1.29, 1.82) is 0 Å². The van der Waals surface area contributed by atoms with Gasteiger partial charge in [-0.05, 0) is 182 Å². The molecule has 13 N–H and O–H groups in total. The maximum Gasteiger partial charge on any atom is 0.488 e. The molecule has 0 aliphatic carbocycles. The number of nitrogens with zero attached hydrogens (tertiary/aromatic N) is 8. The van der Waals surface area contributed by atoms with E-state index in [0.29, 0.717) is 134 Å². The van der Waals surface area contributed by atoms with Crippen LogP contribution in [-0.2, 0) is 77.5 Å². The molecule has 0 unspecified atom stereocenters. The monoisotopic (exact) mass is 1750 g/mol. The minimum Gasteiger partial charge on any atom is -0.423 e. The van der Waals surface area contributed by atoms with Crippen molar-refractivity contribution in [2.75, 3.05) is 19.6 Å². The molecule has 0 saturated carbocycles. The summed E-state index contributed by atoms with van der Waals surface area (Å²) in [6, 6.07) is 90.7. The van der Waals surface area contributed by atoms with E-state index in [1.807, 2.05) is 181 Å². The molecule has 658 valence electrons. The first-order valence-corrected chi connectivity index (χ1v) is 42.8. The van der Waals surface area contributed by atoms with Crippen LogP contribution in [0.5, 0.6) is 0 Å². The number of pyridine rings is 1.